The van der Waals surface area contributed by atoms with Crippen LogP contribution in [0.2, 0.25) is 0 Å². The summed E-state index contributed by atoms with van der Waals surface area (Å²) in [5.41, 5.74) is 5.53. The zero-order chi connectivity index (χ0) is 23.3. The Hall–Kier alpha value is -3.21. The molecule has 1 amide bonds. The topological polar surface area (TPSA) is 70.0 Å². The molecule has 1 heterocycles. The van der Waals surface area contributed by atoms with E-state index in [1.807, 2.05) is 12.1 Å². The first kappa shape index (κ1) is 23.5. The molecule has 0 aromatic heterocycles. The van der Waals surface area contributed by atoms with Crippen molar-refractivity contribution >= 4 is 5.91 Å². The Balaban J connectivity index is 1.74. The fourth-order valence-corrected chi connectivity index (χ4v) is 3.97. The molecule has 0 aliphatic carbocycles. The third kappa shape index (κ3) is 5.52. The smallest absolute Gasteiger partial charge is 0.254 e. The molecular formula is C27H33NO4. The summed E-state index contributed by atoms with van der Waals surface area (Å²) in [6, 6.07) is 8.77. The highest BCUT2D eigenvalue weighted by Gasteiger charge is 2.32. The Bertz CT molecular complexity index is 1030. The van der Waals surface area contributed by atoms with Crippen LogP contribution in [0.25, 0.3) is 0 Å². The highest BCUT2D eigenvalue weighted by atomic mass is 16.5. The van der Waals surface area contributed by atoms with Crippen molar-refractivity contribution in [3.05, 3.63) is 75.9 Å². The van der Waals surface area contributed by atoms with Crippen molar-refractivity contribution in [1.82, 2.24) is 4.90 Å². The molecule has 2 N–H and O–H groups in total. The molecule has 2 aromatic carbocycles. The van der Waals surface area contributed by atoms with E-state index in [1.54, 1.807) is 30.2 Å². The Morgan fingerprint density at radius 1 is 1.12 bits per heavy atom. The van der Waals surface area contributed by atoms with Crippen molar-refractivity contribution in [2.45, 2.75) is 53.0 Å². The molecule has 170 valence electrons. The fourth-order valence-electron chi connectivity index (χ4n) is 3.97. The number of carbonyl (C=O) groups excluding carboxylic acids is 1. The lowest BCUT2D eigenvalue weighted by atomic mass is 9.99. The molecule has 0 saturated heterocycles. The first-order valence-electron chi connectivity index (χ1n) is 11.1. The van der Waals surface area contributed by atoms with Gasteiger partial charge in [0.2, 0.25) is 0 Å². The van der Waals surface area contributed by atoms with Gasteiger partial charge in [0, 0.05) is 17.7 Å². The van der Waals surface area contributed by atoms with Gasteiger partial charge in [-0.3, -0.25) is 4.79 Å². The Morgan fingerprint density at radius 3 is 2.50 bits per heavy atom. The fraction of sp³-hybridized carbons (Fsp3) is 0.370. The number of benzene rings is 2. The van der Waals surface area contributed by atoms with Crippen LogP contribution in [0, 0.1) is 0 Å². The number of methoxy groups -OCH3 is 1. The van der Waals surface area contributed by atoms with Crippen molar-refractivity contribution in [1.29, 1.82) is 0 Å². The quantitative estimate of drug-likeness (QED) is 0.508. The lowest BCUT2D eigenvalue weighted by molar-refractivity contribution is 0.0780. The van der Waals surface area contributed by atoms with Crippen LogP contribution in [-0.4, -0.2) is 34.7 Å². The Labute approximate surface area is 190 Å². The van der Waals surface area contributed by atoms with Gasteiger partial charge in [0.15, 0.2) is 0 Å². The van der Waals surface area contributed by atoms with Crippen LogP contribution in [0.4, 0.5) is 0 Å². The molecular weight excluding hydrogens is 402 g/mol. The molecule has 2 aromatic rings. The molecule has 0 fully saturated rings. The van der Waals surface area contributed by atoms with Gasteiger partial charge in [0.1, 0.15) is 17.2 Å². The van der Waals surface area contributed by atoms with Gasteiger partial charge in [-0.2, -0.15) is 0 Å². The van der Waals surface area contributed by atoms with Gasteiger partial charge in [-0.1, -0.05) is 35.4 Å². The summed E-state index contributed by atoms with van der Waals surface area (Å²) in [5, 5.41) is 20.4. The van der Waals surface area contributed by atoms with Crippen LogP contribution in [-0.2, 0) is 19.4 Å². The summed E-state index contributed by atoms with van der Waals surface area (Å²) in [5.74, 6) is 0.841. The summed E-state index contributed by atoms with van der Waals surface area (Å²) in [6.45, 7) is 7.23. The molecule has 3 rings (SSSR count). The number of phenols is 2. The molecule has 5 nitrogen and oxygen atoms in total. The second kappa shape index (κ2) is 10.4. The van der Waals surface area contributed by atoms with Gasteiger partial charge < -0.3 is 19.8 Å². The molecule has 1 aliphatic heterocycles. The zero-order valence-electron chi connectivity index (χ0n) is 19.4. The maximum atomic E-state index is 12.9. The number of fused-ring (bicyclic) bond motifs is 1. The number of hydrogen-bond donors (Lipinski definition) is 2. The minimum Gasteiger partial charge on any atom is -0.508 e. The molecule has 1 aliphatic rings. The molecule has 0 bridgehead atoms. The average Bonchev–Trinajstić information content (AvgIpc) is 3.08. The van der Waals surface area contributed by atoms with E-state index < -0.39 is 0 Å². The number of carbonyl (C=O) groups is 1. The zero-order valence-corrected chi connectivity index (χ0v) is 19.4. The van der Waals surface area contributed by atoms with Crippen LogP contribution < -0.4 is 4.74 Å². The van der Waals surface area contributed by atoms with Crippen molar-refractivity contribution in [2.75, 3.05) is 13.7 Å². The third-order valence-corrected chi connectivity index (χ3v) is 5.91. The second-order valence-electron chi connectivity index (χ2n) is 8.65. The predicted molar refractivity (Wildman–Crippen MR) is 127 cm³/mol. The summed E-state index contributed by atoms with van der Waals surface area (Å²) in [7, 11) is 1.57. The highest BCUT2D eigenvalue weighted by molar-refractivity contribution is 6.00. The average molecular weight is 436 g/mol. The summed E-state index contributed by atoms with van der Waals surface area (Å²) in [4.78, 5) is 14.7. The second-order valence-corrected chi connectivity index (χ2v) is 8.65. The summed E-state index contributed by atoms with van der Waals surface area (Å²) in [6.07, 6.45) is 7.57. The first-order chi connectivity index (χ1) is 15.3. The van der Waals surface area contributed by atoms with E-state index in [2.05, 4.69) is 32.9 Å². The number of rotatable bonds is 9. The van der Waals surface area contributed by atoms with Gasteiger partial charge in [-0.25, -0.2) is 0 Å². The van der Waals surface area contributed by atoms with Crippen LogP contribution in [0.5, 0.6) is 17.2 Å². The number of aromatic hydroxyl groups is 2. The molecule has 0 spiro atoms. The van der Waals surface area contributed by atoms with E-state index in [0.717, 1.165) is 24.0 Å². The number of nitrogens with zero attached hydrogens (tertiary/aromatic N) is 1. The number of amides is 1. The summed E-state index contributed by atoms with van der Waals surface area (Å²) >= 11 is 0. The lowest BCUT2D eigenvalue weighted by Crippen LogP contribution is -2.26. The lowest BCUT2D eigenvalue weighted by Gasteiger charge is -2.15. The molecule has 0 saturated carbocycles. The summed E-state index contributed by atoms with van der Waals surface area (Å²) < 4.78 is 5.53. The number of phenolic OH excluding ortho intramolecular Hbond substituents is 2. The standard InChI is InChI=1S/C27H33NO4/c1-18(2)6-5-7-19(3)8-13-22-25(32-4)16-23-24(26(22)30)17-28(27(23)31)15-14-20-9-11-21(29)12-10-20/h6,8-12,16,29-30H,5,7,13-15,17H2,1-4H3/b19-8+. The van der Waals surface area contributed by atoms with Crippen LogP contribution in [0.3, 0.4) is 0 Å². The van der Waals surface area contributed by atoms with Crippen molar-refractivity contribution in [3.63, 3.8) is 0 Å². The predicted octanol–water partition coefficient (Wildman–Crippen LogP) is 5.54. The van der Waals surface area contributed by atoms with Crippen LogP contribution >= 0.6 is 0 Å². The van der Waals surface area contributed by atoms with E-state index in [-0.39, 0.29) is 17.4 Å². The number of ether oxygens (including phenoxy) is 1. The van der Waals surface area contributed by atoms with Gasteiger partial charge >= 0.3 is 0 Å². The normalized spacial score (nSPS) is 13.3. The van der Waals surface area contributed by atoms with Gasteiger partial charge in [0.05, 0.1) is 19.2 Å². The monoisotopic (exact) mass is 435 g/mol. The van der Waals surface area contributed by atoms with Crippen LogP contribution in [0.15, 0.2) is 53.6 Å². The maximum Gasteiger partial charge on any atom is 0.254 e. The largest absolute Gasteiger partial charge is 0.508 e. The van der Waals surface area contributed by atoms with Gasteiger partial charge in [-0.05, 0) is 70.2 Å². The number of allylic oxidation sites excluding steroid dienone is 4. The van der Waals surface area contributed by atoms with E-state index >= 15 is 0 Å². The molecule has 0 atom stereocenters. The third-order valence-electron chi connectivity index (χ3n) is 5.91. The van der Waals surface area contributed by atoms with E-state index in [1.165, 1.54) is 11.1 Å². The van der Waals surface area contributed by atoms with Gasteiger partial charge in [-0.15, -0.1) is 0 Å². The first-order valence-corrected chi connectivity index (χ1v) is 11.1. The van der Waals surface area contributed by atoms with Crippen molar-refractivity contribution < 1.29 is 19.7 Å². The van der Waals surface area contributed by atoms with E-state index in [9.17, 15) is 15.0 Å². The molecule has 0 radical (unpaired) electrons. The minimum atomic E-state index is -0.0904. The van der Waals surface area contributed by atoms with Gasteiger partial charge in [0.25, 0.3) is 5.91 Å². The molecule has 5 heteroatoms. The van der Waals surface area contributed by atoms with Crippen molar-refractivity contribution in [2.24, 2.45) is 0 Å². The SMILES string of the molecule is COc1cc2c(c(O)c1C/C=C(\C)CCC=C(C)C)CN(CCc1ccc(O)cc1)C2=O. The Kier molecular flexibility index (Phi) is 7.62. The maximum absolute atomic E-state index is 12.9. The van der Waals surface area contributed by atoms with Crippen LogP contribution in [0.1, 0.15) is 60.7 Å². The van der Waals surface area contributed by atoms with E-state index in [4.69, 9.17) is 4.74 Å². The molecule has 32 heavy (non-hydrogen) atoms. The minimum absolute atomic E-state index is 0.0904. The molecule has 0 unspecified atom stereocenters. The van der Waals surface area contributed by atoms with E-state index in [0.29, 0.717) is 42.8 Å². The van der Waals surface area contributed by atoms with Crippen molar-refractivity contribution in [3.8, 4) is 17.2 Å². The Morgan fingerprint density at radius 2 is 1.84 bits per heavy atom. The highest BCUT2D eigenvalue weighted by Crippen LogP contribution is 2.39. The number of hydrogen-bond acceptors (Lipinski definition) is 4.